The van der Waals surface area contributed by atoms with Crippen LogP contribution >= 0.6 is 0 Å². The lowest BCUT2D eigenvalue weighted by atomic mass is 10.1. The van der Waals surface area contributed by atoms with Crippen molar-refractivity contribution in [1.82, 2.24) is 4.90 Å². The van der Waals surface area contributed by atoms with Crippen LogP contribution in [0.5, 0.6) is 5.75 Å². The van der Waals surface area contributed by atoms with Gasteiger partial charge in [-0.3, -0.25) is 10.1 Å². The number of phenols is 1. The molecule has 0 radical (unpaired) electrons. The van der Waals surface area contributed by atoms with Gasteiger partial charge in [-0.1, -0.05) is 18.2 Å². The molecule has 2 N–H and O–H groups in total. The minimum Gasteiger partial charge on any atom is -0.508 e. The number of phenolic OH excluding ortho intramolecular Hbond substituents is 1. The number of hydrogen-bond donors (Lipinski definition) is 2. The molecule has 2 amide bonds. The Bertz CT molecular complexity index is 746. The summed E-state index contributed by atoms with van der Waals surface area (Å²) in [6, 6.07) is 10.7. The Morgan fingerprint density at radius 2 is 2.00 bits per heavy atom. The lowest BCUT2D eigenvalue weighted by molar-refractivity contribution is -0.385. The zero-order valence-electron chi connectivity index (χ0n) is 12.8. The van der Waals surface area contributed by atoms with Crippen LogP contribution in [0.2, 0.25) is 0 Å². The van der Waals surface area contributed by atoms with E-state index in [0.29, 0.717) is 17.8 Å². The van der Waals surface area contributed by atoms with Gasteiger partial charge in [0.1, 0.15) is 5.75 Å². The van der Waals surface area contributed by atoms with E-state index in [0.717, 1.165) is 5.56 Å². The Morgan fingerprint density at radius 1 is 1.30 bits per heavy atom. The first-order chi connectivity index (χ1) is 10.9. The molecule has 0 bridgehead atoms. The van der Waals surface area contributed by atoms with Gasteiger partial charge in [0.15, 0.2) is 0 Å². The van der Waals surface area contributed by atoms with Crippen molar-refractivity contribution >= 4 is 17.4 Å². The third-order valence-corrected chi connectivity index (χ3v) is 3.42. The molecule has 0 unspecified atom stereocenters. The van der Waals surface area contributed by atoms with Gasteiger partial charge in [0.2, 0.25) is 0 Å². The molecule has 0 aromatic heterocycles. The zero-order valence-corrected chi connectivity index (χ0v) is 12.8. The lowest BCUT2D eigenvalue weighted by Crippen LogP contribution is -2.31. The standard InChI is InChI=1S/C16H17N3O4/c1-11-14(7-4-8-15(11)19(22)23)17-16(21)18(2)10-12-5-3-6-13(20)9-12/h3-9,20H,10H2,1-2H3,(H,17,21). The summed E-state index contributed by atoms with van der Waals surface area (Å²) in [5.41, 5.74) is 1.53. The molecule has 0 fully saturated rings. The van der Waals surface area contributed by atoms with Crippen LogP contribution in [0.1, 0.15) is 11.1 Å². The number of amides is 2. The Balaban J connectivity index is 2.10. The second kappa shape index (κ2) is 6.78. The Hall–Kier alpha value is -3.09. The first-order valence-electron chi connectivity index (χ1n) is 6.92. The predicted molar refractivity (Wildman–Crippen MR) is 86.4 cm³/mol. The third kappa shape index (κ3) is 3.97. The molecule has 7 nitrogen and oxygen atoms in total. The Kier molecular flexibility index (Phi) is 4.80. The van der Waals surface area contributed by atoms with Crippen LogP contribution in [-0.2, 0) is 6.54 Å². The van der Waals surface area contributed by atoms with E-state index in [1.807, 2.05) is 0 Å². The fourth-order valence-corrected chi connectivity index (χ4v) is 2.17. The number of anilines is 1. The molecule has 0 saturated heterocycles. The highest BCUT2D eigenvalue weighted by atomic mass is 16.6. The number of hydrogen-bond acceptors (Lipinski definition) is 4. The summed E-state index contributed by atoms with van der Waals surface area (Å²) in [5, 5.41) is 23.0. The van der Waals surface area contributed by atoms with Crippen LogP contribution < -0.4 is 5.32 Å². The minimum absolute atomic E-state index is 0.0431. The lowest BCUT2D eigenvalue weighted by Gasteiger charge is -2.19. The summed E-state index contributed by atoms with van der Waals surface area (Å²) in [5.74, 6) is 0.130. The molecule has 7 heteroatoms. The van der Waals surface area contributed by atoms with Crippen LogP contribution in [0.15, 0.2) is 42.5 Å². The number of aromatic hydroxyl groups is 1. The average Bonchev–Trinajstić information content (AvgIpc) is 2.49. The van der Waals surface area contributed by atoms with E-state index in [2.05, 4.69) is 5.32 Å². The highest BCUT2D eigenvalue weighted by Crippen LogP contribution is 2.25. The van der Waals surface area contributed by atoms with Gasteiger partial charge in [0.25, 0.3) is 5.69 Å². The van der Waals surface area contributed by atoms with Gasteiger partial charge in [-0.25, -0.2) is 4.79 Å². The summed E-state index contributed by atoms with van der Waals surface area (Å²) in [6.07, 6.45) is 0. The van der Waals surface area contributed by atoms with Crippen LogP contribution in [0.25, 0.3) is 0 Å². The summed E-state index contributed by atoms with van der Waals surface area (Å²) in [4.78, 5) is 24.1. The maximum atomic E-state index is 12.2. The van der Waals surface area contributed by atoms with E-state index in [-0.39, 0.29) is 11.4 Å². The first kappa shape index (κ1) is 16.3. The monoisotopic (exact) mass is 315 g/mol. The van der Waals surface area contributed by atoms with Crippen LogP contribution in [0.3, 0.4) is 0 Å². The molecule has 0 saturated carbocycles. The molecular formula is C16H17N3O4. The molecule has 2 rings (SSSR count). The van der Waals surface area contributed by atoms with E-state index < -0.39 is 11.0 Å². The maximum Gasteiger partial charge on any atom is 0.321 e. The zero-order chi connectivity index (χ0) is 17.0. The summed E-state index contributed by atoms with van der Waals surface area (Å²) in [7, 11) is 1.60. The summed E-state index contributed by atoms with van der Waals surface area (Å²) in [6.45, 7) is 1.89. The normalized spacial score (nSPS) is 10.2. The van der Waals surface area contributed by atoms with E-state index in [4.69, 9.17) is 0 Å². The molecule has 120 valence electrons. The molecule has 0 aliphatic rings. The van der Waals surface area contributed by atoms with Crippen molar-refractivity contribution in [3.63, 3.8) is 0 Å². The average molecular weight is 315 g/mol. The van der Waals surface area contributed by atoms with Crippen molar-refractivity contribution in [2.75, 3.05) is 12.4 Å². The molecule has 2 aromatic rings. The fraction of sp³-hybridized carbons (Fsp3) is 0.188. The van der Waals surface area contributed by atoms with Gasteiger partial charge in [-0.2, -0.15) is 0 Å². The van der Waals surface area contributed by atoms with Crippen molar-refractivity contribution in [3.8, 4) is 5.75 Å². The van der Waals surface area contributed by atoms with Crippen molar-refractivity contribution in [3.05, 3.63) is 63.7 Å². The second-order valence-corrected chi connectivity index (χ2v) is 5.16. The number of nitro groups is 1. The Labute approximate surface area is 133 Å². The number of nitro benzene ring substituents is 1. The first-order valence-corrected chi connectivity index (χ1v) is 6.92. The van der Waals surface area contributed by atoms with E-state index in [1.165, 1.54) is 17.0 Å². The van der Waals surface area contributed by atoms with Gasteiger partial charge >= 0.3 is 6.03 Å². The van der Waals surface area contributed by atoms with Crippen molar-refractivity contribution in [2.24, 2.45) is 0 Å². The second-order valence-electron chi connectivity index (χ2n) is 5.16. The van der Waals surface area contributed by atoms with Gasteiger partial charge in [0, 0.05) is 19.7 Å². The minimum atomic E-state index is -0.485. The number of urea groups is 1. The van der Waals surface area contributed by atoms with Crippen LogP contribution in [0.4, 0.5) is 16.2 Å². The molecule has 2 aromatic carbocycles. The van der Waals surface area contributed by atoms with Gasteiger partial charge < -0.3 is 15.3 Å². The van der Waals surface area contributed by atoms with E-state index in [1.54, 1.807) is 44.3 Å². The summed E-state index contributed by atoms with van der Waals surface area (Å²) >= 11 is 0. The van der Waals surface area contributed by atoms with Gasteiger partial charge in [-0.05, 0) is 30.7 Å². The van der Waals surface area contributed by atoms with Crippen molar-refractivity contribution in [1.29, 1.82) is 0 Å². The Morgan fingerprint density at radius 3 is 2.65 bits per heavy atom. The predicted octanol–water partition coefficient (Wildman–Crippen LogP) is 3.27. The van der Waals surface area contributed by atoms with Gasteiger partial charge in [-0.15, -0.1) is 0 Å². The quantitative estimate of drug-likeness (QED) is 0.668. The van der Waals surface area contributed by atoms with Crippen molar-refractivity contribution in [2.45, 2.75) is 13.5 Å². The molecule has 0 heterocycles. The topological polar surface area (TPSA) is 95.7 Å². The number of rotatable bonds is 4. The van der Waals surface area contributed by atoms with Crippen LogP contribution in [-0.4, -0.2) is 28.0 Å². The van der Waals surface area contributed by atoms with E-state index >= 15 is 0 Å². The smallest absolute Gasteiger partial charge is 0.321 e. The number of nitrogens with one attached hydrogen (secondary N) is 1. The molecule has 0 aliphatic carbocycles. The van der Waals surface area contributed by atoms with Crippen molar-refractivity contribution < 1.29 is 14.8 Å². The SMILES string of the molecule is Cc1c(NC(=O)N(C)Cc2cccc(O)c2)cccc1[N+](=O)[O-]. The fourth-order valence-electron chi connectivity index (χ4n) is 2.17. The number of carbonyl (C=O) groups excluding carboxylic acids is 1. The highest BCUT2D eigenvalue weighted by molar-refractivity contribution is 5.90. The molecule has 0 spiro atoms. The molecule has 23 heavy (non-hydrogen) atoms. The largest absolute Gasteiger partial charge is 0.508 e. The maximum absolute atomic E-state index is 12.2. The van der Waals surface area contributed by atoms with E-state index in [9.17, 15) is 20.0 Å². The molecule has 0 atom stereocenters. The van der Waals surface area contributed by atoms with Crippen LogP contribution in [0, 0.1) is 17.0 Å². The molecule has 0 aliphatic heterocycles. The summed E-state index contributed by atoms with van der Waals surface area (Å²) < 4.78 is 0. The number of nitrogens with zero attached hydrogens (tertiary/aromatic N) is 2. The van der Waals surface area contributed by atoms with Gasteiger partial charge in [0.05, 0.1) is 16.2 Å². The number of benzene rings is 2. The molecular weight excluding hydrogens is 298 g/mol. The highest BCUT2D eigenvalue weighted by Gasteiger charge is 2.16. The number of carbonyl (C=O) groups is 1. The third-order valence-electron chi connectivity index (χ3n) is 3.42.